The van der Waals surface area contributed by atoms with Crippen LogP contribution in [0.3, 0.4) is 0 Å². The molecule has 0 fully saturated rings. The lowest BCUT2D eigenvalue weighted by molar-refractivity contribution is 0.392. The van der Waals surface area contributed by atoms with E-state index in [0.29, 0.717) is 19.5 Å². The normalized spacial score (nSPS) is 9.94. The van der Waals surface area contributed by atoms with E-state index in [-0.39, 0.29) is 0 Å². The number of hydrogen-bond donors (Lipinski definition) is 1. The molecule has 0 aromatic heterocycles. The molecule has 0 amide bonds. The lowest BCUT2D eigenvalue weighted by Crippen LogP contribution is -2.15. The summed E-state index contributed by atoms with van der Waals surface area (Å²) in [6.07, 6.45) is 0.504. The zero-order valence-electron chi connectivity index (χ0n) is 11.5. The summed E-state index contributed by atoms with van der Waals surface area (Å²) in [6.45, 7) is 5.39. The lowest BCUT2D eigenvalue weighted by atomic mass is 10.0. The summed E-state index contributed by atoms with van der Waals surface area (Å²) in [5, 5.41) is 11.7. The minimum absolute atomic E-state index is 0.504. The van der Waals surface area contributed by atoms with Gasteiger partial charge in [-0.2, -0.15) is 5.26 Å². The Bertz CT molecular complexity index is 450. The van der Waals surface area contributed by atoms with Crippen LogP contribution in [0.4, 0.5) is 0 Å². The highest BCUT2D eigenvalue weighted by molar-refractivity contribution is 5.52. The molecule has 1 N–H and O–H groups in total. The second-order valence-electron chi connectivity index (χ2n) is 4.11. The van der Waals surface area contributed by atoms with Crippen LogP contribution in [0.1, 0.15) is 23.1 Å². The zero-order chi connectivity index (χ0) is 13.5. The van der Waals surface area contributed by atoms with Gasteiger partial charge in [-0.15, -0.1) is 0 Å². The van der Waals surface area contributed by atoms with Crippen molar-refractivity contribution in [1.82, 2.24) is 5.32 Å². The fraction of sp³-hybridized carbons (Fsp3) is 0.500. The molecule has 4 heteroatoms. The summed E-state index contributed by atoms with van der Waals surface area (Å²) < 4.78 is 10.8. The number of nitrogens with zero attached hydrogens (tertiary/aromatic N) is 1. The van der Waals surface area contributed by atoms with Gasteiger partial charge in [0, 0.05) is 25.1 Å². The second-order valence-corrected chi connectivity index (χ2v) is 4.11. The van der Waals surface area contributed by atoms with Gasteiger partial charge < -0.3 is 14.8 Å². The Balaban J connectivity index is 2.95. The SMILES string of the molecule is COc1cc(CNCCC#N)c(OC)c(C)c1C. The summed E-state index contributed by atoms with van der Waals surface area (Å²) in [5.74, 6) is 1.75. The largest absolute Gasteiger partial charge is 0.496 e. The van der Waals surface area contributed by atoms with Crippen molar-refractivity contribution in [2.45, 2.75) is 26.8 Å². The first-order valence-electron chi connectivity index (χ1n) is 5.94. The molecule has 0 atom stereocenters. The third-order valence-corrected chi connectivity index (χ3v) is 3.02. The van der Waals surface area contributed by atoms with Gasteiger partial charge in [-0.3, -0.25) is 0 Å². The third-order valence-electron chi connectivity index (χ3n) is 3.02. The van der Waals surface area contributed by atoms with E-state index in [2.05, 4.69) is 11.4 Å². The number of ether oxygens (including phenoxy) is 2. The number of methoxy groups -OCH3 is 2. The Labute approximate surface area is 109 Å². The van der Waals surface area contributed by atoms with Crippen molar-refractivity contribution < 1.29 is 9.47 Å². The Hall–Kier alpha value is -1.73. The summed E-state index contributed by atoms with van der Waals surface area (Å²) in [7, 11) is 3.34. The van der Waals surface area contributed by atoms with Crippen LogP contribution in [0.15, 0.2) is 6.07 Å². The molecule has 18 heavy (non-hydrogen) atoms. The molecule has 1 rings (SSSR count). The van der Waals surface area contributed by atoms with Crippen molar-refractivity contribution >= 4 is 0 Å². The van der Waals surface area contributed by atoms with Crippen LogP contribution < -0.4 is 14.8 Å². The molecule has 0 aliphatic heterocycles. The fourth-order valence-corrected chi connectivity index (χ4v) is 1.92. The molecule has 0 heterocycles. The quantitative estimate of drug-likeness (QED) is 0.785. The van der Waals surface area contributed by atoms with E-state index in [1.165, 1.54) is 0 Å². The van der Waals surface area contributed by atoms with Gasteiger partial charge in [-0.05, 0) is 31.0 Å². The van der Waals surface area contributed by atoms with Gasteiger partial charge in [-0.1, -0.05) is 0 Å². The Morgan fingerprint density at radius 1 is 1.22 bits per heavy atom. The van der Waals surface area contributed by atoms with Crippen LogP contribution in [-0.2, 0) is 6.54 Å². The Morgan fingerprint density at radius 3 is 2.50 bits per heavy atom. The number of nitrogens with one attached hydrogen (secondary N) is 1. The van der Waals surface area contributed by atoms with Crippen LogP contribution in [-0.4, -0.2) is 20.8 Å². The second kappa shape index (κ2) is 6.87. The molecule has 0 aliphatic carbocycles. The lowest BCUT2D eigenvalue weighted by Gasteiger charge is -2.17. The Kier molecular flexibility index (Phi) is 5.47. The van der Waals surface area contributed by atoms with E-state index in [1.807, 2.05) is 19.9 Å². The molecular weight excluding hydrogens is 228 g/mol. The molecular formula is C14H20N2O2. The van der Waals surface area contributed by atoms with E-state index >= 15 is 0 Å². The molecule has 0 aliphatic rings. The van der Waals surface area contributed by atoms with E-state index in [0.717, 1.165) is 28.2 Å². The minimum Gasteiger partial charge on any atom is -0.496 e. The fourth-order valence-electron chi connectivity index (χ4n) is 1.92. The predicted octanol–water partition coefficient (Wildman–Crippen LogP) is 2.32. The first-order valence-corrected chi connectivity index (χ1v) is 5.94. The molecule has 0 spiro atoms. The van der Waals surface area contributed by atoms with Crippen molar-refractivity contribution in [3.8, 4) is 17.6 Å². The summed E-state index contributed by atoms with van der Waals surface area (Å²) >= 11 is 0. The van der Waals surface area contributed by atoms with E-state index < -0.39 is 0 Å². The molecule has 0 saturated heterocycles. The molecule has 0 saturated carbocycles. The number of benzene rings is 1. The van der Waals surface area contributed by atoms with Gasteiger partial charge in [-0.25, -0.2) is 0 Å². The molecule has 1 aromatic carbocycles. The van der Waals surface area contributed by atoms with Gasteiger partial charge in [0.1, 0.15) is 11.5 Å². The van der Waals surface area contributed by atoms with Crippen LogP contribution >= 0.6 is 0 Å². The first-order chi connectivity index (χ1) is 8.65. The molecule has 0 radical (unpaired) electrons. The van der Waals surface area contributed by atoms with Crippen LogP contribution in [0.5, 0.6) is 11.5 Å². The average molecular weight is 248 g/mol. The summed E-state index contributed by atoms with van der Waals surface area (Å²) in [6, 6.07) is 4.09. The van der Waals surface area contributed by atoms with Crippen molar-refractivity contribution in [1.29, 1.82) is 5.26 Å². The third kappa shape index (κ3) is 3.14. The Morgan fingerprint density at radius 2 is 1.94 bits per heavy atom. The highest BCUT2D eigenvalue weighted by Gasteiger charge is 2.13. The first kappa shape index (κ1) is 14.3. The van der Waals surface area contributed by atoms with E-state index in [4.69, 9.17) is 14.7 Å². The molecule has 98 valence electrons. The van der Waals surface area contributed by atoms with E-state index in [9.17, 15) is 0 Å². The molecule has 4 nitrogen and oxygen atoms in total. The van der Waals surface area contributed by atoms with Gasteiger partial charge in [0.15, 0.2) is 0 Å². The minimum atomic E-state index is 0.504. The van der Waals surface area contributed by atoms with Gasteiger partial charge in [0.2, 0.25) is 0 Å². The van der Waals surface area contributed by atoms with E-state index in [1.54, 1.807) is 14.2 Å². The average Bonchev–Trinajstić information content (AvgIpc) is 2.38. The number of hydrogen-bond acceptors (Lipinski definition) is 4. The monoisotopic (exact) mass is 248 g/mol. The smallest absolute Gasteiger partial charge is 0.126 e. The predicted molar refractivity (Wildman–Crippen MR) is 71.0 cm³/mol. The summed E-state index contributed by atoms with van der Waals surface area (Å²) in [5.41, 5.74) is 3.24. The maximum atomic E-state index is 8.49. The van der Waals surface area contributed by atoms with Crippen LogP contribution in [0.25, 0.3) is 0 Å². The van der Waals surface area contributed by atoms with Gasteiger partial charge >= 0.3 is 0 Å². The van der Waals surface area contributed by atoms with Crippen molar-refractivity contribution in [2.75, 3.05) is 20.8 Å². The van der Waals surface area contributed by atoms with Crippen molar-refractivity contribution in [3.63, 3.8) is 0 Å². The molecule has 0 unspecified atom stereocenters. The highest BCUT2D eigenvalue weighted by atomic mass is 16.5. The van der Waals surface area contributed by atoms with Crippen LogP contribution in [0.2, 0.25) is 0 Å². The van der Waals surface area contributed by atoms with Crippen LogP contribution in [0, 0.1) is 25.2 Å². The van der Waals surface area contributed by atoms with Gasteiger partial charge in [0.05, 0.1) is 20.3 Å². The number of rotatable bonds is 6. The topological polar surface area (TPSA) is 54.3 Å². The van der Waals surface area contributed by atoms with Gasteiger partial charge in [0.25, 0.3) is 0 Å². The highest BCUT2D eigenvalue weighted by Crippen LogP contribution is 2.33. The maximum absolute atomic E-state index is 8.49. The zero-order valence-corrected chi connectivity index (χ0v) is 11.5. The van der Waals surface area contributed by atoms with Crippen molar-refractivity contribution in [3.05, 3.63) is 22.8 Å². The standard InChI is InChI=1S/C14H20N2O2/c1-10-11(2)14(18-4)12(8-13(10)17-3)9-16-7-5-6-15/h8,16H,5,7,9H2,1-4H3. The summed E-state index contributed by atoms with van der Waals surface area (Å²) in [4.78, 5) is 0. The number of nitriles is 1. The molecule has 1 aromatic rings. The van der Waals surface area contributed by atoms with Crippen molar-refractivity contribution in [2.24, 2.45) is 0 Å². The maximum Gasteiger partial charge on any atom is 0.126 e. The molecule has 0 bridgehead atoms.